The fourth-order valence-electron chi connectivity index (χ4n) is 12.2. The van der Waals surface area contributed by atoms with Crippen molar-refractivity contribution in [2.75, 3.05) is 11.9 Å². The number of ether oxygens (including phenoxy) is 2. The molecular weight excluding hydrogens is 1160 g/mol. The Balaban J connectivity index is 0.000000182. The number of fused-ring (bicyclic) bond motifs is 2. The first-order valence-electron chi connectivity index (χ1n) is 29.9. The summed E-state index contributed by atoms with van der Waals surface area (Å²) in [5, 5.41) is 1.12. The fraction of sp³-hybridized carbons (Fsp3) is 0.103. The second-order valence-electron chi connectivity index (χ2n) is 22.8. The molecule has 13 rings (SSSR count). The second-order valence-corrected chi connectivity index (χ2v) is 22.8. The first-order chi connectivity index (χ1) is 44.4. The number of anilines is 1. The quantitative estimate of drug-likeness (QED) is 0.0615. The van der Waals surface area contributed by atoms with E-state index in [0.29, 0.717) is 96.1 Å². The van der Waals surface area contributed by atoms with Gasteiger partial charge in [-0.3, -0.25) is 23.0 Å². The maximum atomic E-state index is 15.9. The van der Waals surface area contributed by atoms with Crippen molar-refractivity contribution >= 4 is 59.4 Å². The van der Waals surface area contributed by atoms with Gasteiger partial charge in [-0.15, -0.1) is 0 Å². The standard InChI is InChI=1S/C44H35BF2N2O2.C34H24F3NO3/c1-28-15-19-34(20-16-28)39-25-37(32-11-7-5-8-12-32)43(48-39)42(41-30(3)23-36(51-27-50)24-31(41)4)44-38(33-13-9-6-10-14-33)26-40(49(44)45(46)47)35-21-17-29(2)18-22-35;1-3-20-4-12-25(13-5-20)38(2)33(40)27-15-17-30-32-26(14-8-23(19-39)31(27)32)28-18-22(9-16-29(28)41-30)21-6-10-24(11-7-21)34(35,36)37/h5-27H,1-4H3;4-19H,3H2,1-2H3/b43-42-;. The number of hydrogen-bond acceptors (Lipinski definition) is 6. The molecular formula is C78H59BF5N3O5. The molecule has 2 aliphatic heterocycles. The summed E-state index contributed by atoms with van der Waals surface area (Å²) in [7, 11) is -1.20. The van der Waals surface area contributed by atoms with Crippen molar-refractivity contribution in [3.05, 3.63) is 297 Å². The minimum Gasteiger partial charge on any atom is -0.456 e. The number of aliphatic imine (C=N–C) groups is 1. The van der Waals surface area contributed by atoms with Crippen molar-refractivity contribution in [3.8, 4) is 61.9 Å². The first-order valence-corrected chi connectivity index (χ1v) is 29.9. The number of amides is 1. The summed E-state index contributed by atoms with van der Waals surface area (Å²) in [4.78, 5) is 44.2. The van der Waals surface area contributed by atoms with Crippen molar-refractivity contribution in [3.63, 3.8) is 0 Å². The smallest absolute Gasteiger partial charge is 0.456 e. The van der Waals surface area contributed by atoms with Gasteiger partial charge >= 0.3 is 13.6 Å². The van der Waals surface area contributed by atoms with Gasteiger partial charge < -0.3 is 18.9 Å². The molecule has 2 aliphatic rings. The summed E-state index contributed by atoms with van der Waals surface area (Å²) in [6.45, 7) is 10.3. The van der Waals surface area contributed by atoms with E-state index in [1.54, 1.807) is 54.4 Å². The third kappa shape index (κ3) is 11.9. The van der Waals surface area contributed by atoms with Crippen LogP contribution in [0.15, 0.2) is 235 Å². The topological polar surface area (TPSA) is 90.2 Å². The van der Waals surface area contributed by atoms with Gasteiger partial charge in [-0.25, -0.2) is 4.99 Å². The number of aryl methyl sites for hydroxylation is 5. The van der Waals surface area contributed by atoms with Crippen LogP contribution in [0, 0.1) is 27.7 Å². The maximum Gasteiger partial charge on any atom is 0.678 e. The molecule has 0 unspecified atom stereocenters. The summed E-state index contributed by atoms with van der Waals surface area (Å²) in [6, 6.07) is 65.8. The zero-order valence-corrected chi connectivity index (χ0v) is 51.1. The molecule has 1 amide bonds. The molecule has 0 saturated heterocycles. The van der Waals surface area contributed by atoms with Crippen molar-refractivity contribution in [1.82, 2.24) is 4.48 Å². The van der Waals surface area contributed by atoms with Crippen LogP contribution in [0.5, 0.6) is 17.2 Å². The Bertz CT molecular complexity index is 4750. The number of aldehydes is 1. The van der Waals surface area contributed by atoms with Crippen LogP contribution >= 0.6 is 0 Å². The van der Waals surface area contributed by atoms with E-state index in [0.717, 1.165) is 102 Å². The number of nitrogens with zero attached hydrogens (tertiary/aromatic N) is 3. The number of carbonyl (C=O) groups excluding carboxylic acids is 3. The molecule has 8 nitrogen and oxygen atoms in total. The van der Waals surface area contributed by atoms with Crippen molar-refractivity contribution < 1.29 is 45.7 Å². The van der Waals surface area contributed by atoms with Gasteiger partial charge in [-0.1, -0.05) is 170 Å². The number of allylic oxidation sites excluding steroid dienone is 2. The normalized spacial score (nSPS) is 12.8. The predicted molar refractivity (Wildman–Crippen MR) is 358 cm³/mol. The van der Waals surface area contributed by atoms with Gasteiger partial charge in [0.15, 0.2) is 6.29 Å². The number of halogens is 5. The van der Waals surface area contributed by atoms with E-state index in [2.05, 4.69) is 6.92 Å². The van der Waals surface area contributed by atoms with Gasteiger partial charge in [0.1, 0.15) is 17.2 Å². The average Bonchev–Trinajstić information content (AvgIpc) is 1.29. The Hall–Kier alpha value is -11.0. The summed E-state index contributed by atoms with van der Waals surface area (Å²) < 4.78 is 83.7. The Morgan fingerprint density at radius 2 is 1.21 bits per heavy atom. The molecule has 0 aliphatic carbocycles. The number of rotatable bonds is 14. The zero-order chi connectivity index (χ0) is 64.5. The first kappa shape index (κ1) is 61.3. The predicted octanol–water partition coefficient (Wildman–Crippen LogP) is 19.7. The summed E-state index contributed by atoms with van der Waals surface area (Å²) in [6.07, 6.45) is -0.760. The van der Waals surface area contributed by atoms with Crippen LogP contribution in [0.4, 0.5) is 27.5 Å². The van der Waals surface area contributed by atoms with Gasteiger partial charge in [-0.05, 0) is 163 Å². The molecule has 1 aromatic heterocycles. The molecule has 454 valence electrons. The fourth-order valence-corrected chi connectivity index (χ4v) is 12.2. The molecule has 0 radical (unpaired) electrons. The number of aromatic nitrogens is 1. The van der Waals surface area contributed by atoms with Crippen molar-refractivity contribution in [2.45, 2.75) is 47.2 Å². The lowest BCUT2D eigenvalue weighted by atomic mass is 9.86. The second kappa shape index (κ2) is 25.5. The molecule has 11 aromatic rings. The van der Waals surface area contributed by atoms with E-state index in [9.17, 15) is 27.6 Å². The highest BCUT2D eigenvalue weighted by Gasteiger charge is 2.36. The lowest BCUT2D eigenvalue weighted by Crippen LogP contribution is -2.26. The van der Waals surface area contributed by atoms with Crippen LogP contribution in [0.1, 0.15) is 83.4 Å². The number of hydrogen-bond donors (Lipinski definition) is 0. The summed E-state index contributed by atoms with van der Waals surface area (Å²) in [5.41, 5.74) is 16.4. The van der Waals surface area contributed by atoms with E-state index in [1.165, 1.54) is 12.1 Å². The highest BCUT2D eigenvalue weighted by atomic mass is 19.4. The molecule has 14 heteroatoms. The molecule has 0 atom stereocenters. The molecule has 0 bridgehead atoms. The summed E-state index contributed by atoms with van der Waals surface area (Å²) in [5.74, 6) is 1.18. The monoisotopic (exact) mass is 1220 g/mol. The van der Waals surface area contributed by atoms with Crippen molar-refractivity contribution in [2.24, 2.45) is 4.99 Å². The van der Waals surface area contributed by atoms with Crippen LogP contribution < -0.4 is 14.4 Å². The molecule has 10 aromatic carbocycles. The van der Waals surface area contributed by atoms with Crippen LogP contribution in [0.3, 0.4) is 0 Å². The molecule has 92 heavy (non-hydrogen) atoms. The van der Waals surface area contributed by atoms with E-state index in [1.807, 2.05) is 185 Å². The summed E-state index contributed by atoms with van der Waals surface area (Å²) >= 11 is 0. The van der Waals surface area contributed by atoms with Gasteiger partial charge in [0.05, 0.1) is 22.7 Å². The lowest BCUT2D eigenvalue weighted by molar-refractivity contribution is -0.137. The van der Waals surface area contributed by atoms with E-state index >= 15 is 8.63 Å². The van der Waals surface area contributed by atoms with E-state index < -0.39 is 19.1 Å². The van der Waals surface area contributed by atoms with Gasteiger partial charge in [-0.2, -0.15) is 13.2 Å². The van der Waals surface area contributed by atoms with Gasteiger partial charge in [0.25, 0.3) is 12.4 Å². The largest absolute Gasteiger partial charge is 0.678 e. The Labute approximate surface area is 530 Å². The van der Waals surface area contributed by atoms with Crippen LogP contribution in [0.2, 0.25) is 0 Å². The lowest BCUT2D eigenvalue weighted by Gasteiger charge is -2.25. The van der Waals surface area contributed by atoms with Crippen LogP contribution in [0.25, 0.3) is 66.6 Å². The number of alkyl halides is 3. The van der Waals surface area contributed by atoms with E-state index in [4.69, 9.17) is 14.5 Å². The minimum absolute atomic E-state index is 0.273. The highest BCUT2D eigenvalue weighted by molar-refractivity contribution is 6.43. The Morgan fingerprint density at radius 1 is 0.609 bits per heavy atom. The third-order valence-corrected chi connectivity index (χ3v) is 16.9. The van der Waals surface area contributed by atoms with Gasteiger partial charge in [0, 0.05) is 68.2 Å². The zero-order valence-electron chi connectivity index (χ0n) is 51.1. The molecule has 0 saturated carbocycles. The number of benzene rings is 10. The third-order valence-electron chi connectivity index (χ3n) is 16.9. The molecule has 0 N–H and O–H groups in total. The highest BCUT2D eigenvalue weighted by Crippen LogP contribution is 2.51. The van der Waals surface area contributed by atoms with Crippen LogP contribution in [-0.2, 0) is 17.4 Å². The van der Waals surface area contributed by atoms with Crippen molar-refractivity contribution in [1.29, 1.82) is 0 Å². The molecule has 0 spiro atoms. The molecule has 3 heterocycles. The van der Waals surface area contributed by atoms with Gasteiger partial charge in [0.2, 0.25) is 0 Å². The van der Waals surface area contributed by atoms with Crippen LogP contribution in [-0.4, -0.2) is 43.3 Å². The minimum atomic E-state index is -4.42. The average molecular weight is 1220 g/mol. The Morgan fingerprint density at radius 3 is 1.80 bits per heavy atom. The Kier molecular flexibility index (Phi) is 17.0. The van der Waals surface area contributed by atoms with E-state index in [-0.39, 0.29) is 5.91 Å². The maximum absolute atomic E-state index is 15.9. The number of carbonyl (C=O) groups is 3. The SMILES string of the molecule is CCc1ccc(N(C)C(=O)c2ccc3c4c(ccc(C=O)c24)-c2cc(-c4ccc(C(F)(F)F)cc4)ccc2O3)cc1.Cc1ccc(C2=N/C(=C(/c3c(C)cc(OC=O)cc3C)c3c(-c4ccccc4)cc(-c4ccc(C)cc4)n3B(F)F)C(c3ccccc3)=C2)cc1. The molecule has 0 fully saturated rings.